The molecule has 7 nitrogen and oxygen atoms in total. The summed E-state index contributed by atoms with van der Waals surface area (Å²) in [5.74, 6) is -1.07. The molecule has 0 heterocycles. The average Bonchev–Trinajstić information content (AvgIpc) is 2.31. The molecule has 0 fully saturated rings. The Kier molecular flexibility index (Phi) is 8.90. The summed E-state index contributed by atoms with van der Waals surface area (Å²) in [4.78, 5) is 22.2. The molecule has 0 aromatic rings. The highest BCUT2D eigenvalue weighted by molar-refractivity contribution is 5.85. The van der Waals surface area contributed by atoms with Gasteiger partial charge in [-0.3, -0.25) is 0 Å². The molecular formula is C12H24N2O5. The Morgan fingerprint density at radius 2 is 1.84 bits per heavy atom. The molecule has 0 bridgehead atoms. The highest BCUT2D eigenvalue weighted by Crippen LogP contribution is 2.00. The number of rotatable bonds is 10. The number of carbonyl (C=O) groups excluding carboxylic acids is 1. The highest BCUT2D eigenvalue weighted by Gasteiger charge is 2.28. The number of amides is 2. The first-order valence-electron chi connectivity index (χ1n) is 6.26. The zero-order valence-electron chi connectivity index (χ0n) is 11.8. The number of unbranched alkanes of at least 4 members (excludes halogenated alkanes) is 1. The van der Waals surface area contributed by atoms with Crippen LogP contribution in [-0.2, 0) is 14.3 Å². The van der Waals surface area contributed by atoms with E-state index in [1.165, 1.54) is 13.8 Å². The number of carboxylic acids is 1. The van der Waals surface area contributed by atoms with E-state index >= 15 is 0 Å². The molecule has 0 saturated carbocycles. The second-order valence-corrected chi connectivity index (χ2v) is 4.62. The SMILES string of the molecule is COCCOCCCCNC(=O)NC(C)(C)C(=O)O. The van der Waals surface area contributed by atoms with Gasteiger partial charge in [0, 0.05) is 20.3 Å². The Bertz CT molecular complexity index is 281. The van der Waals surface area contributed by atoms with Crippen LogP contribution in [-0.4, -0.2) is 56.1 Å². The van der Waals surface area contributed by atoms with Gasteiger partial charge in [-0.2, -0.15) is 0 Å². The van der Waals surface area contributed by atoms with Gasteiger partial charge in [0.15, 0.2) is 0 Å². The van der Waals surface area contributed by atoms with Gasteiger partial charge < -0.3 is 25.2 Å². The summed E-state index contributed by atoms with van der Waals surface area (Å²) in [5.41, 5.74) is -1.27. The van der Waals surface area contributed by atoms with Crippen molar-refractivity contribution in [3.05, 3.63) is 0 Å². The molecule has 0 atom stereocenters. The molecule has 19 heavy (non-hydrogen) atoms. The van der Waals surface area contributed by atoms with Crippen molar-refractivity contribution in [3.8, 4) is 0 Å². The standard InChI is InChI=1S/C12H24N2O5/c1-12(2,10(15)16)14-11(17)13-6-4-5-7-19-9-8-18-3/h4-9H2,1-3H3,(H,15,16)(H2,13,14,17). The lowest BCUT2D eigenvalue weighted by atomic mass is 10.1. The predicted octanol–water partition coefficient (Wildman–Crippen LogP) is 0.592. The van der Waals surface area contributed by atoms with Crippen molar-refractivity contribution in [1.82, 2.24) is 10.6 Å². The first-order valence-corrected chi connectivity index (χ1v) is 6.26. The van der Waals surface area contributed by atoms with Crippen LogP contribution < -0.4 is 10.6 Å². The monoisotopic (exact) mass is 276 g/mol. The molecule has 0 rings (SSSR count). The van der Waals surface area contributed by atoms with E-state index in [1.807, 2.05) is 0 Å². The third-order valence-corrected chi connectivity index (χ3v) is 2.39. The zero-order valence-corrected chi connectivity index (χ0v) is 11.8. The van der Waals surface area contributed by atoms with E-state index in [1.54, 1.807) is 7.11 Å². The van der Waals surface area contributed by atoms with Gasteiger partial charge in [-0.15, -0.1) is 0 Å². The molecule has 7 heteroatoms. The van der Waals surface area contributed by atoms with Crippen LogP contribution >= 0.6 is 0 Å². The molecule has 0 spiro atoms. The molecule has 0 aromatic heterocycles. The minimum absolute atomic E-state index is 0.479. The Balaban J connectivity index is 3.52. The Labute approximate surface area is 113 Å². The molecule has 0 aliphatic heterocycles. The van der Waals surface area contributed by atoms with Crippen molar-refractivity contribution in [1.29, 1.82) is 0 Å². The molecular weight excluding hydrogens is 252 g/mol. The number of hydrogen-bond donors (Lipinski definition) is 3. The first kappa shape index (κ1) is 17.7. The number of aliphatic carboxylic acids is 1. The third kappa shape index (κ3) is 9.26. The fourth-order valence-electron chi connectivity index (χ4n) is 1.16. The Morgan fingerprint density at radius 3 is 2.42 bits per heavy atom. The first-order chi connectivity index (χ1) is 8.90. The molecule has 3 N–H and O–H groups in total. The maximum absolute atomic E-state index is 11.4. The number of hydrogen-bond acceptors (Lipinski definition) is 4. The number of carbonyl (C=O) groups is 2. The van der Waals surface area contributed by atoms with Gasteiger partial charge in [0.05, 0.1) is 13.2 Å². The van der Waals surface area contributed by atoms with Gasteiger partial charge in [0.2, 0.25) is 0 Å². The van der Waals surface area contributed by atoms with E-state index in [2.05, 4.69) is 10.6 Å². The molecule has 0 aromatic carbocycles. The summed E-state index contributed by atoms with van der Waals surface area (Å²) < 4.78 is 10.1. The number of ether oxygens (including phenoxy) is 2. The normalized spacial score (nSPS) is 11.1. The third-order valence-electron chi connectivity index (χ3n) is 2.39. The van der Waals surface area contributed by atoms with Crippen LogP contribution in [0.15, 0.2) is 0 Å². The Hall–Kier alpha value is -1.34. The number of urea groups is 1. The van der Waals surface area contributed by atoms with Crippen molar-refractivity contribution in [2.24, 2.45) is 0 Å². The van der Waals surface area contributed by atoms with E-state index < -0.39 is 17.5 Å². The molecule has 0 aliphatic rings. The lowest BCUT2D eigenvalue weighted by molar-refractivity contribution is -0.142. The van der Waals surface area contributed by atoms with Gasteiger partial charge in [-0.25, -0.2) is 9.59 Å². The van der Waals surface area contributed by atoms with Gasteiger partial charge in [-0.05, 0) is 26.7 Å². The lowest BCUT2D eigenvalue weighted by Gasteiger charge is -2.21. The van der Waals surface area contributed by atoms with Crippen LogP contribution in [0.5, 0.6) is 0 Å². The summed E-state index contributed by atoms with van der Waals surface area (Å²) in [6, 6.07) is -0.479. The topological polar surface area (TPSA) is 96.9 Å². The molecule has 0 aliphatic carbocycles. The van der Waals surface area contributed by atoms with Crippen molar-refractivity contribution >= 4 is 12.0 Å². The van der Waals surface area contributed by atoms with E-state index in [4.69, 9.17) is 14.6 Å². The van der Waals surface area contributed by atoms with Crippen LogP contribution in [0.1, 0.15) is 26.7 Å². The minimum Gasteiger partial charge on any atom is -0.480 e. The number of nitrogens with one attached hydrogen (secondary N) is 2. The summed E-state index contributed by atoms with van der Waals surface area (Å²) in [7, 11) is 1.62. The van der Waals surface area contributed by atoms with Gasteiger partial charge in [0.25, 0.3) is 0 Å². The lowest BCUT2D eigenvalue weighted by Crippen LogP contribution is -2.53. The molecule has 0 saturated heterocycles. The van der Waals surface area contributed by atoms with E-state index in [0.29, 0.717) is 26.4 Å². The van der Waals surface area contributed by atoms with Crippen LogP contribution in [0.2, 0.25) is 0 Å². The van der Waals surface area contributed by atoms with Crippen LogP contribution in [0.3, 0.4) is 0 Å². The van der Waals surface area contributed by atoms with E-state index in [0.717, 1.165) is 12.8 Å². The predicted molar refractivity (Wildman–Crippen MR) is 70.2 cm³/mol. The van der Waals surface area contributed by atoms with Crippen molar-refractivity contribution < 1.29 is 24.2 Å². The molecule has 112 valence electrons. The smallest absolute Gasteiger partial charge is 0.328 e. The largest absolute Gasteiger partial charge is 0.480 e. The quantitative estimate of drug-likeness (QED) is 0.507. The summed E-state index contributed by atoms with van der Waals surface area (Å²) in [5, 5.41) is 13.8. The van der Waals surface area contributed by atoms with Gasteiger partial charge in [0.1, 0.15) is 5.54 Å². The van der Waals surface area contributed by atoms with Crippen molar-refractivity contribution in [3.63, 3.8) is 0 Å². The second kappa shape index (κ2) is 9.57. The molecule has 0 unspecified atom stereocenters. The van der Waals surface area contributed by atoms with E-state index in [-0.39, 0.29) is 0 Å². The van der Waals surface area contributed by atoms with Crippen molar-refractivity contribution in [2.75, 3.05) is 33.5 Å². The minimum atomic E-state index is -1.27. The maximum atomic E-state index is 11.4. The summed E-state index contributed by atoms with van der Waals surface area (Å²) in [6.45, 7) is 5.10. The van der Waals surface area contributed by atoms with Crippen molar-refractivity contribution in [2.45, 2.75) is 32.2 Å². The summed E-state index contributed by atoms with van der Waals surface area (Å²) >= 11 is 0. The number of methoxy groups -OCH3 is 1. The fourth-order valence-corrected chi connectivity index (χ4v) is 1.16. The number of carboxylic acid groups (broad SMARTS) is 1. The highest BCUT2D eigenvalue weighted by atomic mass is 16.5. The van der Waals surface area contributed by atoms with Gasteiger partial charge >= 0.3 is 12.0 Å². The summed E-state index contributed by atoms with van der Waals surface area (Å²) in [6.07, 6.45) is 1.60. The maximum Gasteiger partial charge on any atom is 0.328 e. The molecule has 2 amide bonds. The van der Waals surface area contributed by atoms with Gasteiger partial charge in [-0.1, -0.05) is 0 Å². The zero-order chi connectivity index (χ0) is 14.7. The fraction of sp³-hybridized carbons (Fsp3) is 0.833. The van der Waals surface area contributed by atoms with Crippen LogP contribution in [0.4, 0.5) is 4.79 Å². The average molecular weight is 276 g/mol. The van der Waals surface area contributed by atoms with E-state index in [9.17, 15) is 9.59 Å². The van der Waals surface area contributed by atoms with Crippen LogP contribution in [0, 0.1) is 0 Å². The Morgan fingerprint density at radius 1 is 1.16 bits per heavy atom. The van der Waals surface area contributed by atoms with Crippen LogP contribution in [0.25, 0.3) is 0 Å². The second-order valence-electron chi connectivity index (χ2n) is 4.62. The molecule has 0 radical (unpaired) electrons.